The van der Waals surface area contributed by atoms with Gasteiger partial charge in [-0.2, -0.15) is 5.26 Å². The zero-order valence-electron chi connectivity index (χ0n) is 13.2. The summed E-state index contributed by atoms with van der Waals surface area (Å²) in [6.45, 7) is 0.737. The van der Waals surface area contributed by atoms with Crippen LogP contribution in [0.2, 0.25) is 0 Å². The van der Waals surface area contributed by atoms with Crippen molar-refractivity contribution in [3.05, 3.63) is 81.6 Å². The van der Waals surface area contributed by atoms with Gasteiger partial charge < -0.3 is 4.57 Å². The molecular weight excluding hydrogens is 296 g/mol. The minimum atomic E-state index is -0.0154. The zero-order chi connectivity index (χ0) is 16.5. The predicted octanol–water partition coefficient (Wildman–Crippen LogP) is 4.01. The van der Waals surface area contributed by atoms with E-state index in [0.717, 1.165) is 35.9 Å². The lowest BCUT2D eigenvalue weighted by Gasteiger charge is -2.19. The fourth-order valence-corrected chi connectivity index (χ4v) is 3.44. The predicted molar refractivity (Wildman–Crippen MR) is 96.5 cm³/mol. The van der Waals surface area contributed by atoms with Gasteiger partial charge in [-0.15, -0.1) is 0 Å². The first kappa shape index (κ1) is 14.5. The molecule has 0 bridgehead atoms. The summed E-state index contributed by atoms with van der Waals surface area (Å²) >= 11 is 0. The van der Waals surface area contributed by atoms with E-state index >= 15 is 0 Å². The number of hydrogen-bond donors (Lipinski definition) is 0. The highest BCUT2D eigenvalue weighted by molar-refractivity contribution is 5.92. The number of benzene rings is 2. The van der Waals surface area contributed by atoms with Crippen molar-refractivity contribution in [2.75, 3.05) is 0 Å². The summed E-state index contributed by atoms with van der Waals surface area (Å²) in [7, 11) is 0. The van der Waals surface area contributed by atoms with Gasteiger partial charge in [0.1, 0.15) is 0 Å². The van der Waals surface area contributed by atoms with E-state index in [1.807, 2.05) is 53.1 Å². The Morgan fingerprint density at radius 2 is 1.96 bits per heavy atom. The number of pyridine rings is 1. The highest BCUT2D eigenvalue weighted by Gasteiger charge is 2.15. The fourth-order valence-electron chi connectivity index (χ4n) is 3.44. The topological polar surface area (TPSA) is 45.8 Å². The normalized spacial score (nSPS) is 13.7. The van der Waals surface area contributed by atoms with Gasteiger partial charge in [-0.25, -0.2) is 0 Å². The molecule has 0 unspecified atom stereocenters. The maximum Gasteiger partial charge on any atom is 0.258 e. The van der Waals surface area contributed by atoms with Crippen LogP contribution >= 0.6 is 0 Å². The molecule has 24 heavy (non-hydrogen) atoms. The van der Waals surface area contributed by atoms with Crippen LogP contribution in [0.3, 0.4) is 0 Å². The molecule has 0 amide bonds. The van der Waals surface area contributed by atoms with Gasteiger partial charge >= 0.3 is 0 Å². The van der Waals surface area contributed by atoms with E-state index < -0.39 is 0 Å². The average Bonchev–Trinajstić information content (AvgIpc) is 2.64. The molecule has 2 aromatic carbocycles. The maximum atomic E-state index is 12.9. The van der Waals surface area contributed by atoms with Crippen LogP contribution in [0.25, 0.3) is 22.6 Å². The van der Waals surface area contributed by atoms with Crippen molar-refractivity contribution in [2.24, 2.45) is 0 Å². The summed E-state index contributed by atoms with van der Waals surface area (Å²) in [4.78, 5) is 12.9. The minimum absolute atomic E-state index is 0.0154. The molecular formula is C21H16N2O. The van der Waals surface area contributed by atoms with Crippen LogP contribution < -0.4 is 5.56 Å². The van der Waals surface area contributed by atoms with Crippen molar-refractivity contribution < 1.29 is 0 Å². The lowest BCUT2D eigenvalue weighted by Crippen LogP contribution is -2.26. The highest BCUT2D eigenvalue weighted by atomic mass is 16.1. The SMILES string of the molecule is N#C/C(=C\c1cc2cccc3c2n(c1=O)CCC3)c1ccccc1. The molecule has 0 spiro atoms. The van der Waals surface area contributed by atoms with Crippen LogP contribution in [0.5, 0.6) is 0 Å². The van der Waals surface area contributed by atoms with Gasteiger partial charge in [0.05, 0.1) is 17.2 Å². The van der Waals surface area contributed by atoms with Gasteiger partial charge in [-0.1, -0.05) is 48.5 Å². The van der Waals surface area contributed by atoms with Crippen molar-refractivity contribution in [3.8, 4) is 6.07 Å². The van der Waals surface area contributed by atoms with E-state index in [-0.39, 0.29) is 5.56 Å². The van der Waals surface area contributed by atoms with Crippen molar-refractivity contribution in [2.45, 2.75) is 19.4 Å². The Labute approximate surface area is 140 Å². The summed E-state index contributed by atoms with van der Waals surface area (Å²) in [5.74, 6) is 0. The number of rotatable bonds is 2. The Hall–Kier alpha value is -3.12. The summed E-state index contributed by atoms with van der Waals surface area (Å²) in [5.41, 5.74) is 4.16. The molecule has 0 saturated carbocycles. The second-order valence-corrected chi connectivity index (χ2v) is 6.05. The second kappa shape index (κ2) is 5.82. The van der Waals surface area contributed by atoms with Crippen LogP contribution in [-0.4, -0.2) is 4.57 Å². The van der Waals surface area contributed by atoms with Gasteiger partial charge in [-0.3, -0.25) is 4.79 Å². The largest absolute Gasteiger partial charge is 0.307 e. The molecule has 116 valence electrons. The molecule has 1 aromatic heterocycles. The average molecular weight is 312 g/mol. The molecule has 0 atom stereocenters. The molecule has 0 radical (unpaired) electrons. The van der Waals surface area contributed by atoms with Gasteiger partial charge in [0.2, 0.25) is 0 Å². The number of allylic oxidation sites excluding steroid dienone is 1. The zero-order valence-corrected chi connectivity index (χ0v) is 13.2. The summed E-state index contributed by atoms with van der Waals surface area (Å²) in [5, 5.41) is 10.6. The molecule has 3 aromatic rings. The maximum absolute atomic E-state index is 12.9. The minimum Gasteiger partial charge on any atom is -0.307 e. The highest BCUT2D eigenvalue weighted by Crippen LogP contribution is 2.25. The van der Waals surface area contributed by atoms with E-state index in [1.54, 1.807) is 6.08 Å². The van der Waals surface area contributed by atoms with Crippen molar-refractivity contribution in [1.29, 1.82) is 5.26 Å². The number of aryl methyl sites for hydroxylation is 2. The summed E-state index contributed by atoms with van der Waals surface area (Å²) in [6, 6.07) is 19.8. The van der Waals surface area contributed by atoms with Crippen LogP contribution in [0.4, 0.5) is 0 Å². The fraction of sp³-hybridized carbons (Fsp3) is 0.143. The molecule has 2 heterocycles. The van der Waals surface area contributed by atoms with Crippen LogP contribution in [0, 0.1) is 11.3 Å². The van der Waals surface area contributed by atoms with E-state index in [4.69, 9.17) is 0 Å². The third-order valence-electron chi connectivity index (χ3n) is 4.56. The Kier molecular flexibility index (Phi) is 3.51. The van der Waals surface area contributed by atoms with E-state index in [9.17, 15) is 10.1 Å². The quantitative estimate of drug-likeness (QED) is 0.671. The van der Waals surface area contributed by atoms with Crippen LogP contribution in [-0.2, 0) is 13.0 Å². The Morgan fingerprint density at radius 3 is 2.75 bits per heavy atom. The number of nitriles is 1. The lowest BCUT2D eigenvalue weighted by atomic mass is 9.99. The summed E-state index contributed by atoms with van der Waals surface area (Å²) < 4.78 is 1.86. The lowest BCUT2D eigenvalue weighted by molar-refractivity contribution is 0.615. The third-order valence-corrected chi connectivity index (χ3v) is 4.56. The Balaban J connectivity index is 1.96. The molecule has 1 aliphatic heterocycles. The molecule has 1 aliphatic rings. The number of hydrogen-bond acceptors (Lipinski definition) is 2. The Morgan fingerprint density at radius 1 is 1.12 bits per heavy atom. The molecule has 3 heteroatoms. The Bertz CT molecular complexity index is 1050. The number of aromatic nitrogens is 1. The van der Waals surface area contributed by atoms with Gasteiger partial charge in [0.15, 0.2) is 0 Å². The summed E-state index contributed by atoms with van der Waals surface area (Å²) in [6.07, 6.45) is 3.70. The first-order valence-electron chi connectivity index (χ1n) is 8.10. The van der Waals surface area contributed by atoms with Crippen molar-refractivity contribution >= 4 is 22.6 Å². The molecule has 0 aliphatic carbocycles. The number of para-hydroxylation sites is 1. The first-order chi connectivity index (χ1) is 11.8. The van der Waals surface area contributed by atoms with Gasteiger partial charge in [-0.05, 0) is 41.5 Å². The molecule has 0 N–H and O–H groups in total. The van der Waals surface area contributed by atoms with E-state index in [0.29, 0.717) is 11.1 Å². The molecule has 0 saturated heterocycles. The molecule has 0 fully saturated rings. The monoisotopic (exact) mass is 312 g/mol. The third kappa shape index (κ3) is 2.33. The van der Waals surface area contributed by atoms with Gasteiger partial charge in [0, 0.05) is 12.1 Å². The van der Waals surface area contributed by atoms with Gasteiger partial charge in [0.25, 0.3) is 5.56 Å². The van der Waals surface area contributed by atoms with Crippen molar-refractivity contribution in [1.82, 2.24) is 4.57 Å². The smallest absolute Gasteiger partial charge is 0.258 e. The van der Waals surface area contributed by atoms with E-state index in [2.05, 4.69) is 12.1 Å². The van der Waals surface area contributed by atoms with E-state index in [1.165, 1.54) is 5.56 Å². The molecule has 3 nitrogen and oxygen atoms in total. The first-order valence-corrected chi connectivity index (χ1v) is 8.10. The van der Waals surface area contributed by atoms with Crippen LogP contribution in [0.1, 0.15) is 23.1 Å². The van der Waals surface area contributed by atoms with Crippen molar-refractivity contribution in [3.63, 3.8) is 0 Å². The number of nitrogens with zero attached hydrogens (tertiary/aromatic N) is 2. The molecule has 4 rings (SSSR count). The van der Waals surface area contributed by atoms with Crippen LogP contribution in [0.15, 0.2) is 59.4 Å². The second-order valence-electron chi connectivity index (χ2n) is 6.05. The standard InChI is InChI=1S/C21H16N2O/c22-14-19(15-6-2-1-3-7-15)13-18-12-17-9-4-8-16-10-5-11-23(20(16)17)21(18)24/h1-4,6-9,12-13H,5,10-11H2/b19-13+.